The van der Waals surface area contributed by atoms with Crippen molar-refractivity contribution in [2.45, 2.75) is 25.7 Å². The van der Waals surface area contributed by atoms with Gasteiger partial charge in [0.25, 0.3) is 0 Å². The normalized spacial score (nSPS) is 14.2. The molecule has 1 aliphatic rings. The summed E-state index contributed by atoms with van der Waals surface area (Å²) < 4.78 is 6.33. The molecule has 2 heterocycles. The molecular formula is C15H13Cl2NO2S. The fourth-order valence-corrected chi connectivity index (χ4v) is 3.67. The van der Waals surface area contributed by atoms with E-state index in [1.165, 1.54) is 11.3 Å². The number of rotatable bonds is 4. The van der Waals surface area contributed by atoms with Gasteiger partial charge in [-0.1, -0.05) is 23.2 Å². The Morgan fingerprint density at radius 3 is 2.76 bits per heavy atom. The smallest absolute Gasteiger partial charge is 0.339 e. The first kappa shape index (κ1) is 14.8. The maximum Gasteiger partial charge on any atom is 0.339 e. The molecule has 0 radical (unpaired) electrons. The summed E-state index contributed by atoms with van der Waals surface area (Å²) in [7, 11) is 0. The minimum atomic E-state index is -0.312. The molecule has 0 atom stereocenters. The summed E-state index contributed by atoms with van der Waals surface area (Å²) in [5, 5.41) is 0. The highest BCUT2D eigenvalue weighted by atomic mass is 35.5. The van der Waals surface area contributed by atoms with Crippen LogP contribution in [0.2, 0.25) is 8.67 Å². The first-order chi connectivity index (χ1) is 10.1. The molecule has 0 aliphatic heterocycles. The van der Waals surface area contributed by atoms with Crippen LogP contribution in [0.15, 0.2) is 18.2 Å². The molecule has 1 saturated carbocycles. The summed E-state index contributed by atoms with van der Waals surface area (Å²) in [5.74, 6) is 0.0325. The number of esters is 1. The summed E-state index contributed by atoms with van der Waals surface area (Å²) in [6, 6.07) is 5.37. The number of ether oxygens (including phenoxy) is 1. The molecule has 110 valence electrons. The van der Waals surface area contributed by atoms with Gasteiger partial charge in [-0.05, 0) is 38.0 Å². The van der Waals surface area contributed by atoms with Crippen molar-refractivity contribution in [1.29, 1.82) is 0 Å². The number of thiophene rings is 1. The minimum absolute atomic E-state index is 0.312. The van der Waals surface area contributed by atoms with E-state index < -0.39 is 0 Å². The van der Waals surface area contributed by atoms with Gasteiger partial charge in [-0.2, -0.15) is 0 Å². The zero-order chi connectivity index (χ0) is 15.0. The lowest BCUT2D eigenvalue weighted by atomic mass is 10.1. The molecule has 1 aliphatic carbocycles. The zero-order valence-corrected chi connectivity index (χ0v) is 13.7. The number of pyridine rings is 1. The maximum atomic E-state index is 12.0. The van der Waals surface area contributed by atoms with E-state index in [-0.39, 0.29) is 5.97 Å². The fourth-order valence-electron chi connectivity index (χ4n) is 2.19. The van der Waals surface area contributed by atoms with Crippen LogP contribution in [-0.2, 0) is 4.74 Å². The molecule has 6 heteroatoms. The second-order valence-corrected chi connectivity index (χ2v) is 7.15. The van der Waals surface area contributed by atoms with Gasteiger partial charge in [-0.25, -0.2) is 4.79 Å². The minimum Gasteiger partial charge on any atom is -0.462 e. The second-order valence-electron chi connectivity index (χ2n) is 4.86. The summed E-state index contributed by atoms with van der Waals surface area (Å²) in [6.07, 6.45) is 2.11. The van der Waals surface area contributed by atoms with E-state index in [0.29, 0.717) is 26.8 Å². The lowest BCUT2D eigenvalue weighted by molar-refractivity contribution is 0.0524. The number of hydrogen-bond acceptors (Lipinski definition) is 4. The Kier molecular flexibility index (Phi) is 4.20. The van der Waals surface area contributed by atoms with Crippen molar-refractivity contribution in [2.24, 2.45) is 0 Å². The van der Waals surface area contributed by atoms with Crippen LogP contribution in [0.3, 0.4) is 0 Å². The standard InChI is InChI=1S/C15H13Cl2NO2S/c1-2-20-15(19)9-5-6-11(18-13(9)8-3-4-8)10-7-12(16)21-14(10)17/h5-8H,2-4H2,1H3. The van der Waals surface area contributed by atoms with Gasteiger partial charge in [0.15, 0.2) is 0 Å². The van der Waals surface area contributed by atoms with Crippen LogP contribution in [-0.4, -0.2) is 17.6 Å². The Morgan fingerprint density at radius 1 is 1.43 bits per heavy atom. The predicted octanol–water partition coefficient (Wildman–Crippen LogP) is 5.17. The Hall–Kier alpha value is -1.10. The van der Waals surface area contributed by atoms with Crippen molar-refractivity contribution in [2.75, 3.05) is 6.61 Å². The molecule has 1 fully saturated rings. The van der Waals surface area contributed by atoms with Crippen molar-refractivity contribution < 1.29 is 9.53 Å². The monoisotopic (exact) mass is 341 g/mol. The van der Waals surface area contributed by atoms with Crippen LogP contribution in [0.1, 0.15) is 41.7 Å². The van der Waals surface area contributed by atoms with Crippen molar-refractivity contribution in [3.05, 3.63) is 38.1 Å². The first-order valence-electron chi connectivity index (χ1n) is 6.73. The molecule has 0 bridgehead atoms. The van der Waals surface area contributed by atoms with E-state index in [1.54, 1.807) is 25.1 Å². The number of nitrogens with zero attached hydrogens (tertiary/aromatic N) is 1. The molecule has 0 aromatic carbocycles. The van der Waals surface area contributed by atoms with Crippen LogP contribution in [0, 0.1) is 0 Å². The largest absolute Gasteiger partial charge is 0.462 e. The van der Waals surface area contributed by atoms with Crippen molar-refractivity contribution in [3.8, 4) is 11.3 Å². The van der Waals surface area contributed by atoms with E-state index in [9.17, 15) is 4.79 Å². The number of carbonyl (C=O) groups is 1. The molecule has 0 N–H and O–H groups in total. The van der Waals surface area contributed by atoms with Crippen molar-refractivity contribution >= 4 is 40.5 Å². The molecule has 0 amide bonds. The van der Waals surface area contributed by atoms with Gasteiger partial charge in [0.05, 0.1) is 27.9 Å². The zero-order valence-electron chi connectivity index (χ0n) is 11.4. The fraction of sp³-hybridized carbons (Fsp3) is 0.333. The molecule has 2 aromatic heterocycles. The number of hydrogen-bond donors (Lipinski definition) is 0. The highest BCUT2D eigenvalue weighted by molar-refractivity contribution is 7.20. The number of halogens is 2. The predicted molar refractivity (Wildman–Crippen MR) is 85.5 cm³/mol. The maximum absolute atomic E-state index is 12.0. The summed E-state index contributed by atoms with van der Waals surface area (Å²) in [6.45, 7) is 2.15. The average molecular weight is 342 g/mol. The highest BCUT2D eigenvalue weighted by Crippen LogP contribution is 2.43. The Labute approximate surface area is 136 Å². The van der Waals surface area contributed by atoms with E-state index in [0.717, 1.165) is 29.8 Å². The molecule has 3 rings (SSSR count). The Morgan fingerprint density at radius 2 is 2.19 bits per heavy atom. The summed E-state index contributed by atoms with van der Waals surface area (Å²) >= 11 is 13.5. The molecule has 0 saturated heterocycles. The molecule has 0 spiro atoms. The van der Waals surface area contributed by atoms with Gasteiger partial charge in [0.1, 0.15) is 4.34 Å². The quantitative estimate of drug-likeness (QED) is 0.720. The van der Waals surface area contributed by atoms with Gasteiger partial charge >= 0.3 is 5.97 Å². The molecule has 2 aromatic rings. The lowest BCUT2D eigenvalue weighted by Crippen LogP contribution is -2.09. The van der Waals surface area contributed by atoms with Gasteiger partial charge in [-0.15, -0.1) is 11.3 Å². The van der Waals surface area contributed by atoms with Crippen LogP contribution < -0.4 is 0 Å². The average Bonchev–Trinajstić information content (AvgIpc) is 3.24. The first-order valence-corrected chi connectivity index (χ1v) is 8.30. The highest BCUT2D eigenvalue weighted by Gasteiger charge is 2.30. The van der Waals surface area contributed by atoms with Gasteiger partial charge in [0.2, 0.25) is 0 Å². The van der Waals surface area contributed by atoms with Crippen LogP contribution in [0.4, 0.5) is 0 Å². The van der Waals surface area contributed by atoms with Crippen LogP contribution >= 0.6 is 34.5 Å². The van der Waals surface area contributed by atoms with Crippen LogP contribution in [0.25, 0.3) is 11.3 Å². The molecule has 3 nitrogen and oxygen atoms in total. The van der Waals surface area contributed by atoms with Crippen LogP contribution in [0.5, 0.6) is 0 Å². The SMILES string of the molecule is CCOC(=O)c1ccc(-c2cc(Cl)sc2Cl)nc1C1CC1. The Bertz CT molecular complexity index is 695. The third kappa shape index (κ3) is 3.07. The molecular weight excluding hydrogens is 329 g/mol. The summed E-state index contributed by atoms with van der Waals surface area (Å²) in [4.78, 5) is 16.7. The van der Waals surface area contributed by atoms with E-state index in [2.05, 4.69) is 4.98 Å². The Balaban J connectivity index is 2.03. The van der Waals surface area contributed by atoms with Crippen molar-refractivity contribution in [3.63, 3.8) is 0 Å². The molecule has 0 unspecified atom stereocenters. The second kappa shape index (κ2) is 5.95. The van der Waals surface area contributed by atoms with E-state index in [1.807, 2.05) is 0 Å². The third-order valence-electron chi connectivity index (χ3n) is 3.32. The van der Waals surface area contributed by atoms with E-state index >= 15 is 0 Å². The molecule has 21 heavy (non-hydrogen) atoms. The van der Waals surface area contributed by atoms with E-state index in [4.69, 9.17) is 27.9 Å². The lowest BCUT2D eigenvalue weighted by Gasteiger charge is -2.09. The van der Waals surface area contributed by atoms with Gasteiger partial charge in [0, 0.05) is 11.5 Å². The van der Waals surface area contributed by atoms with Gasteiger partial charge in [-0.3, -0.25) is 4.98 Å². The number of aromatic nitrogens is 1. The van der Waals surface area contributed by atoms with Crippen molar-refractivity contribution in [1.82, 2.24) is 4.98 Å². The van der Waals surface area contributed by atoms with Gasteiger partial charge < -0.3 is 4.74 Å². The summed E-state index contributed by atoms with van der Waals surface area (Å²) in [5.41, 5.74) is 2.92. The third-order valence-corrected chi connectivity index (χ3v) is 4.80. The number of carbonyl (C=O) groups excluding carboxylic acids is 1. The topological polar surface area (TPSA) is 39.2 Å².